The van der Waals surface area contributed by atoms with Gasteiger partial charge in [0.1, 0.15) is 0 Å². The Bertz CT molecular complexity index is 254. The van der Waals surface area contributed by atoms with Crippen molar-refractivity contribution in [1.82, 2.24) is 0 Å². The SMILES string of the molecule is CCCCC=CCCCCC=CCCCOC(C)=O. The van der Waals surface area contributed by atoms with Gasteiger partial charge >= 0.3 is 5.97 Å². The van der Waals surface area contributed by atoms with Crippen LogP contribution in [0.3, 0.4) is 0 Å². The molecule has 0 bridgehead atoms. The molecule has 110 valence electrons. The molecule has 19 heavy (non-hydrogen) atoms. The first-order chi connectivity index (χ1) is 9.27. The number of esters is 1. The number of hydrogen-bond donors (Lipinski definition) is 0. The van der Waals surface area contributed by atoms with E-state index < -0.39 is 0 Å². The van der Waals surface area contributed by atoms with Crippen molar-refractivity contribution < 1.29 is 9.53 Å². The van der Waals surface area contributed by atoms with Gasteiger partial charge < -0.3 is 4.74 Å². The molecule has 0 atom stereocenters. The number of rotatable bonds is 12. The van der Waals surface area contributed by atoms with Crippen LogP contribution in [0.2, 0.25) is 0 Å². The number of ether oxygens (including phenoxy) is 1. The second kappa shape index (κ2) is 15.0. The summed E-state index contributed by atoms with van der Waals surface area (Å²) in [5.74, 6) is -0.184. The van der Waals surface area contributed by atoms with Gasteiger partial charge in [-0.3, -0.25) is 4.79 Å². The molecule has 0 unspecified atom stereocenters. The molecule has 0 aliphatic carbocycles. The number of carbonyl (C=O) groups excluding carboxylic acids is 1. The van der Waals surface area contributed by atoms with Crippen LogP contribution >= 0.6 is 0 Å². The Morgan fingerprint density at radius 2 is 1.32 bits per heavy atom. The summed E-state index contributed by atoms with van der Waals surface area (Å²) in [6.07, 6.45) is 19.7. The number of carbonyl (C=O) groups is 1. The van der Waals surface area contributed by atoms with E-state index in [1.54, 1.807) is 0 Å². The number of allylic oxidation sites excluding steroid dienone is 4. The van der Waals surface area contributed by atoms with Crippen molar-refractivity contribution in [3.8, 4) is 0 Å². The van der Waals surface area contributed by atoms with Gasteiger partial charge in [-0.25, -0.2) is 0 Å². The van der Waals surface area contributed by atoms with Gasteiger partial charge in [-0.1, -0.05) is 44.1 Å². The second-order valence-corrected chi connectivity index (χ2v) is 4.85. The highest BCUT2D eigenvalue weighted by Gasteiger charge is 1.90. The average molecular weight is 266 g/mol. The molecule has 0 aliphatic heterocycles. The predicted octanol–water partition coefficient (Wildman–Crippen LogP) is 5.19. The van der Waals surface area contributed by atoms with Gasteiger partial charge in [-0.05, 0) is 44.9 Å². The Morgan fingerprint density at radius 3 is 1.79 bits per heavy atom. The summed E-state index contributed by atoms with van der Waals surface area (Å²) in [6.45, 7) is 4.22. The van der Waals surface area contributed by atoms with Gasteiger partial charge in [0, 0.05) is 6.92 Å². The van der Waals surface area contributed by atoms with E-state index in [1.807, 2.05) is 0 Å². The fourth-order valence-electron chi connectivity index (χ4n) is 1.73. The largest absolute Gasteiger partial charge is 0.466 e. The van der Waals surface area contributed by atoms with E-state index in [2.05, 4.69) is 31.2 Å². The molecular formula is C17H30O2. The van der Waals surface area contributed by atoms with E-state index in [-0.39, 0.29) is 5.97 Å². The zero-order valence-corrected chi connectivity index (χ0v) is 12.7. The fourth-order valence-corrected chi connectivity index (χ4v) is 1.73. The standard InChI is InChI=1S/C17H30O2/c1-3-4-5-6-7-8-9-10-11-12-13-14-15-16-19-17(2)18/h6-7,12-13H,3-5,8-11,14-16H2,1-2H3. The molecule has 0 radical (unpaired) electrons. The molecule has 0 heterocycles. The summed E-state index contributed by atoms with van der Waals surface area (Å²) in [5, 5.41) is 0. The second-order valence-electron chi connectivity index (χ2n) is 4.85. The lowest BCUT2D eigenvalue weighted by Gasteiger charge is -1.98. The van der Waals surface area contributed by atoms with Crippen LogP contribution in [0.15, 0.2) is 24.3 Å². The summed E-state index contributed by atoms with van der Waals surface area (Å²) in [7, 11) is 0. The molecule has 2 heteroatoms. The van der Waals surface area contributed by atoms with Crippen LogP contribution in [0.4, 0.5) is 0 Å². The first-order valence-corrected chi connectivity index (χ1v) is 7.70. The quantitative estimate of drug-likeness (QED) is 0.276. The lowest BCUT2D eigenvalue weighted by Crippen LogP contribution is -1.99. The van der Waals surface area contributed by atoms with Crippen molar-refractivity contribution in [2.24, 2.45) is 0 Å². The smallest absolute Gasteiger partial charge is 0.302 e. The van der Waals surface area contributed by atoms with Crippen LogP contribution in [-0.2, 0) is 9.53 Å². The summed E-state index contributed by atoms with van der Waals surface area (Å²) in [5.41, 5.74) is 0. The normalized spacial score (nSPS) is 11.5. The molecular weight excluding hydrogens is 236 g/mol. The van der Waals surface area contributed by atoms with Gasteiger partial charge in [0.15, 0.2) is 0 Å². The highest BCUT2D eigenvalue weighted by molar-refractivity contribution is 5.65. The van der Waals surface area contributed by atoms with E-state index in [0.717, 1.165) is 19.3 Å². The van der Waals surface area contributed by atoms with E-state index in [4.69, 9.17) is 4.74 Å². The Balaban J connectivity index is 3.16. The Morgan fingerprint density at radius 1 is 0.842 bits per heavy atom. The minimum Gasteiger partial charge on any atom is -0.466 e. The van der Waals surface area contributed by atoms with Crippen LogP contribution in [-0.4, -0.2) is 12.6 Å². The molecule has 2 nitrogen and oxygen atoms in total. The van der Waals surface area contributed by atoms with E-state index in [0.29, 0.717) is 6.61 Å². The minimum absolute atomic E-state index is 0.184. The maximum Gasteiger partial charge on any atom is 0.302 e. The molecule has 0 saturated heterocycles. The molecule has 0 spiro atoms. The first kappa shape index (κ1) is 17.9. The van der Waals surface area contributed by atoms with Crippen molar-refractivity contribution in [1.29, 1.82) is 0 Å². The Labute approximate surface area is 118 Å². The van der Waals surface area contributed by atoms with Gasteiger partial charge in [0.2, 0.25) is 0 Å². The summed E-state index contributed by atoms with van der Waals surface area (Å²) < 4.78 is 4.86. The summed E-state index contributed by atoms with van der Waals surface area (Å²) in [4.78, 5) is 10.5. The molecule has 0 aromatic heterocycles. The van der Waals surface area contributed by atoms with E-state index in [9.17, 15) is 4.79 Å². The summed E-state index contributed by atoms with van der Waals surface area (Å²) >= 11 is 0. The molecule has 0 aromatic carbocycles. The van der Waals surface area contributed by atoms with Crippen LogP contribution in [0.1, 0.15) is 71.6 Å². The Kier molecular flexibility index (Phi) is 14.2. The fraction of sp³-hybridized carbons (Fsp3) is 0.706. The molecule has 0 saturated carbocycles. The third-order valence-corrected chi connectivity index (χ3v) is 2.87. The lowest BCUT2D eigenvalue weighted by atomic mass is 10.1. The van der Waals surface area contributed by atoms with Gasteiger partial charge in [-0.15, -0.1) is 0 Å². The summed E-state index contributed by atoms with van der Waals surface area (Å²) in [6, 6.07) is 0. The first-order valence-electron chi connectivity index (χ1n) is 7.70. The zero-order valence-electron chi connectivity index (χ0n) is 12.7. The molecule has 0 fully saturated rings. The van der Waals surface area contributed by atoms with Gasteiger partial charge in [0.05, 0.1) is 6.61 Å². The van der Waals surface area contributed by atoms with Crippen molar-refractivity contribution in [3.05, 3.63) is 24.3 Å². The lowest BCUT2D eigenvalue weighted by molar-refractivity contribution is -0.141. The molecule has 0 aliphatic rings. The van der Waals surface area contributed by atoms with Crippen LogP contribution in [0.5, 0.6) is 0 Å². The highest BCUT2D eigenvalue weighted by atomic mass is 16.5. The van der Waals surface area contributed by atoms with E-state index >= 15 is 0 Å². The van der Waals surface area contributed by atoms with Gasteiger partial charge in [-0.2, -0.15) is 0 Å². The van der Waals surface area contributed by atoms with Crippen LogP contribution in [0.25, 0.3) is 0 Å². The highest BCUT2D eigenvalue weighted by Crippen LogP contribution is 2.04. The Hall–Kier alpha value is -1.05. The maximum atomic E-state index is 10.5. The minimum atomic E-state index is -0.184. The topological polar surface area (TPSA) is 26.3 Å². The van der Waals surface area contributed by atoms with Crippen molar-refractivity contribution in [2.45, 2.75) is 71.6 Å². The molecule has 0 N–H and O–H groups in total. The molecule has 0 aromatic rings. The third-order valence-electron chi connectivity index (χ3n) is 2.87. The van der Waals surface area contributed by atoms with Crippen LogP contribution in [0, 0.1) is 0 Å². The molecule has 0 rings (SSSR count). The monoisotopic (exact) mass is 266 g/mol. The third kappa shape index (κ3) is 16.9. The van der Waals surface area contributed by atoms with Crippen molar-refractivity contribution in [2.75, 3.05) is 6.61 Å². The van der Waals surface area contributed by atoms with Crippen molar-refractivity contribution >= 4 is 5.97 Å². The number of unbranched alkanes of at least 4 members (excludes halogenated alkanes) is 6. The van der Waals surface area contributed by atoms with Crippen LogP contribution < -0.4 is 0 Å². The average Bonchev–Trinajstić information content (AvgIpc) is 2.39. The van der Waals surface area contributed by atoms with Gasteiger partial charge in [0.25, 0.3) is 0 Å². The van der Waals surface area contributed by atoms with E-state index in [1.165, 1.54) is 45.4 Å². The maximum absolute atomic E-state index is 10.5. The van der Waals surface area contributed by atoms with Crippen molar-refractivity contribution in [3.63, 3.8) is 0 Å². The number of hydrogen-bond acceptors (Lipinski definition) is 2. The zero-order chi connectivity index (χ0) is 14.2. The molecule has 0 amide bonds. The predicted molar refractivity (Wildman–Crippen MR) is 82.1 cm³/mol.